The van der Waals surface area contributed by atoms with Gasteiger partial charge in [0.05, 0.1) is 21.1 Å². The molecular formula is C15H19Cl2N3. The number of rotatable bonds is 5. The summed E-state index contributed by atoms with van der Waals surface area (Å²) in [5.41, 5.74) is 7.64. The van der Waals surface area contributed by atoms with Crippen molar-refractivity contribution in [2.45, 2.75) is 44.6 Å². The summed E-state index contributed by atoms with van der Waals surface area (Å²) < 4.78 is 2.32. The fourth-order valence-electron chi connectivity index (χ4n) is 2.77. The Bertz CT molecular complexity index is 617. The van der Waals surface area contributed by atoms with E-state index in [-0.39, 0.29) is 0 Å². The fraction of sp³-hybridized carbons (Fsp3) is 0.533. The summed E-state index contributed by atoms with van der Waals surface area (Å²) in [6.07, 6.45) is 5.88. The lowest BCUT2D eigenvalue weighted by Crippen LogP contribution is -2.16. The molecule has 0 amide bonds. The largest absolute Gasteiger partial charge is 0.330 e. The maximum absolute atomic E-state index is 6.16. The van der Waals surface area contributed by atoms with E-state index in [1.165, 1.54) is 25.1 Å². The van der Waals surface area contributed by atoms with Crippen LogP contribution < -0.4 is 5.73 Å². The minimum absolute atomic E-state index is 0.575. The zero-order valence-electron chi connectivity index (χ0n) is 11.4. The predicted molar refractivity (Wildman–Crippen MR) is 84.6 cm³/mol. The number of hydrogen-bond acceptors (Lipinski definition) is 2. The Labute approximate surface area is 129 Å². The van der Waals surface area contributed by atoms with Gasteiger partial charge in [-0.3, -0.25) is 0 Å². The molecule has 1 aliphatic carbocycles. The number of hydrogen-bond donors (Lipinski definition) is 1. The maximum atomic E-state index is 6.16. The van der Waals surface area contributed by atoms with Crippen molar-refractivity contribution < 1.29 is 0 Å². The van der Waals surface area contributed by atoms with E-state index in [2.05, 4.69) is 4.57 Å². The van der Waals surface area contributed by atoms with Crippen LogP contribution in [0.15, 0.2) is 12.1 Å². The third-order valence-corrected chi connectivity index (χ3v) is 4.85. The van der Waals surface area contributed by atoms with Gasteiger partial charge in [-0.2, -0.15) is 0 Å². The van der Waals surface area contributed by atoms with Crippen LogP contribution in [0.3, 0.4) is 0 Å². The van der Waals surface area contributed by atoms with Gasteiger partial charge in [0.1, 0.15) is 5.82 Å². The molecular weight excluding hydrogens is 293 g/mol. The van der Waals surface area contributed by atoms with E-state index in [1.54, 1.807) is 0 Å². The van der Waals surface area contributed by atoms with Crippen molar-refractivity contribution in [3.63, 3.8) is 0 Å². The molecule has 0 atom stereocenters. The second-order valence-electron chi connectivity index (χ2n) is 5.50. The van der Waals surface area contributed by atoms with Gasteiger partial charge in [0.15, 0.2) is 0 Å². The van der Waals surface area contributed by atoms with Crippen LogP contribution >= 0.6 is 23.2 Å². The van der Waals surface area contributed by atoms with E-state index < -0.39 is 0 Å². The normalized spacial score (nSPS) is 15.8. The molecule has 0 saturated heterocycles. The zero-order chi connectivity index (χ0) is 14.1. The maximum Gasteiger partial charge on any atom is 0.112 e. The van der Waals surface area contributed by atoms with E-state index >= 15 is 0 Å². The molecule has 0 spiro atoms. The van der Waals surface area contributed by atoms with Crippen molar-refractivity contribution in [1.29, 1.82) is 0 Å². The molecule has 1 aromatic heterocycles. The van der Waals surface area contributed by atoms with E-state index in [4.69, 9.17) is 33.9 Å². The van der Waals surface area contributed by atoms with Crippen LogP contribution in [0.5, 0.6) is 0 Å². The molecule has 5 heteroatoms. The van der Waals surface area contributed by atoms with Crippen LogP contribution in [0.4, 0.5) is 0 Å². The molecule has 2 aromatic rings. The average Bonchev–Trinajstić information content (AvgIpc) is 2.67. The standard InChI is InChI=1S/C15H19Cl2N3/c16-11-8-13-14(9-12(11)17)20(7-2-1-6-18)15(19-13)10-4-3-5-10/h8-10H,1-7,18H2. The van der Waals surface area contributed by atoms with Crippen molar-refractivity contribution in [2.24, 2.45) is 5.73 Å². The minimum atomic E-state index is 0.575. The van der Waals surface area contributed by atoms with Crippen molar-refractivity contribution in [3.8, 4) is 0 Å². The summed E-state index contributed by atoms with van der Waals surface area (Å²) in [5, 5.41) is 1.17. The molecule has 0 unspecified atom stereocenters. The van der Waals surface area contributed by atoms with Crippen LogP contribution in [-0.2, 0) is 6.54 Å². The highest BCUT2D eigenvalue weighted by atomic mass is 35.5. The first-order valence-electron chi connectivity index (χ1n) is 7.26. The summed E-state index contributed by atoms with van der Waals surface area (Å²) in [5.74, 6) is 1.79. The van der Waals surface area contributed by atoms with E-state index in [9.17, 15) is 0 Å². The summed E-state index contributed by atoms with van der Waals surface area (Å²) >= 11 is 12.3. The average molecular weight is 312 g/mol. The Morgan fingerprint density at radius 2 is 1.95 bits per heavy atom. The first kappa shape index (κ1) is 14.2. The Hall–Kier alpha value is -0.770. The van der Waals surface area contributed by atoms with Gasteiger partial charge in [0.2, 0.25) is 0 Å². The van der Waals surface area contributed by atoms with Crippen molar-refractivity contribution in [2.75, 3.05) is 6.54 Å². The van der Waals surface area contributed by atoms with E-state index in [0.29, 0.717) is 16.0 Å². The van der Waals surface area contributed by atoms with Gasteiger partial charge in [0.25, 0.3) is 0 Å². The minimum Gasteiger partial charge on any atom is -0.330 e. The fourth-order valence-corrected chi connectivity index (χ4v) is 3.08. The predicted octanol–water partition coefficient (Wildman–Crippen LogP) is 4.35. The van der Waals surface area contributed by atoms with Gasteiger partial charge in [-0.25, -0.2) is 4.98 Å². The molecule has 1 aromatic carbocycles. The van der Waals surface area contributed by atoms with E-state index in [1.807, 2.05) is 12.1 Å². The molecule has 0 radical (unpaired) electrons. The van der Waals surface area contributed by atoms with Crippen LogP contribution in [0.1, 0.15) is 43.8 Å². The summed E-state index contributed by atoms with van der Waals surface area (Å²) in [6.45, 7) is 1.69. The number of aryl methyl sites for hydroxylation is 1. The molecule has 1 fully saturated rings. The van der Waals surface area contributed by atoms with Gasteiger partial charge in [0, 0.05) is 12.5 Å². The number of halogens is 2. The van der Waals surface area contributed by atoms with Gasteiger partial charge in [-0.05, 0) is 44.4 Å². The van der Waals surface area contributed by atoms with Crippen molar-refractivity contribution >= 4 is 34.2 Å². The highest BCUT2D eigenvalue weighted by Gasteiger charge is 2.26. The van der Waals surface area contributed by atoms with Crippen LogP contribution in [-0.4, -0.2) is 16.1 Å². The molecule has 1 saturated carbocycles. The Balaban J connectivity index is 2.03. The number of nitrogens with two attached hydrogens (primary N) is 1. The Kier molecular flexibility index (Phi) is 4.20. The molecule has 3 rings (SSSR count). The van der Waals surface area contributed by atoms with Crippen LogP contribution in [0.2, 0.25) is 10.0 Å². The summed E-state index contributed by atoms with van der Waals surface area (Å²) in [7, 11) is 0. The molecule has 108 valence electrons. The number of unbranched alkanes of at least 4 members (excludes halogenated alkanes) is 1. The van der Waals surface area contributed by atoms with Gasteiger partial charge < -0.3 is 10.3 Å². The molecule has 2 N–H and O–H groups in total. The molecule has 20 heavy (non-hydrogen) atoms. The molecule has 0 aliphatic heterocycles. The second-order valence-corrected chi connectivity index (χ2v) is 6.31. The third-order valence-electron chi connectivity index (χ3n) is 4.13. The molecule has 3 nitrogen and oxygen atoms in total. The van der Waals surface area contributed by atoms with Crippen molar-refractivity contribution in [1.82, 2.24) is 9.55 Å². The third kappa shape index (κ3) is 2.54. The van der Waals surface area contributed by atoms with Crippen LogP contribution in [0, 0.1) is 0 Å². The zero-order valence-corrected chi connectivity index (χ0v) is 12.9. The Morgan fingerprint density at radius 1 is 1.20 bits per heavy atom. The monoisotopic (exact) mass is 311 g/mol. The molecule has 1 aliphatic rings. The quantitative estimate of drug-likeness (QED) is 0.834. The number of aromatic nitrogens is 2. The number of imidazole rings is 1. The lowest BCUT2D eigenvalue weighted by Gasteiger charge is -2.25. The highest BCUT2D eigenvalue weighted by molar-refractivity contribution is 6.42. The smallest absolute Gasteiger partial charge is 0.112 e. The van der Waals surface area contributed by atoms with Gasteiger partial charge in [-0.15, -0.1) is 0 Å². The van der Waals surface area contributed by atoms with Crippen LogP contribution in [0.25, 0.3) is 11.0 Å². The Morgan fingerprint density at radius 3 is 2.60 bits per heavy atom. The van der Waals surface area contributed by atoms with E-state index in [0.717, 1.165) is 37.0 Å². The first-order valence-corrected chi connectivity index (χ1v) is 8.01. The lowest BCUT2D eigenvalue weighted by atomic mass is 9.85. The van der Waals surface area contributed by atoms with Crippen molar-refractivity contribution in [3.05, 3.63) is 28.0 Å². The molecule has 0 bridgehead atoms. The summed E-state index contributed by atoms with van der Waals surface area (Å²) in [6, 6.07) is 3.82. The van der Waals surface area contributed by atoms with Gasteiger partial charge in [-0.1, -0.05) is 29.6 Å². The highest BCUT2D eigenvalue weighted by Crippen LogP contribution is 2.38. The molecule has 1 heterocycles. The number of nitrogens with zero attached hydrogens (tertiary/aromatic N) is 2. The topological polar surface area (TPSA) is 43.8 Å². The number of fused-ring (bicyclic) bond motifs is 1. The first-order chi connectivity index (χ1) is 9.70. The SMILES string of the molecule is NCCCCn1c(C2CCC2)nc2cc(Cl)c(Cl)cc21. The van der Waals surface area contributed by atoms with Gasteiger partial charge >= 0.3 is 0 Å². The summed E-state index contributed by atoms with van der Waals surface area (Å²) in [4.78, 5) is 4.80. The lowest BCUT2D eigenvalue weighted by molar-refractivity contribution is 0.386. The number of benzene rings is 1. The second kappa shape index (κ2) is 5.92.